The van der Waals surface area contributed by atoms with Gasteiger partial charge in [0.15, 0.2) is 0 Å². The Morgan fingerprint density at radius 3 is 2.53 bits per heavy atom. The molecule has 1 aliphatic heterocycles. The van der Waals surface area contributed by atoms with Gasteiger partial charge in [-0.1, -0.05) is 48.0 Å². The quantitative estimate of drug-likeness (QED) is 0.574. The van der Waals surface area contributed by atoms with E-state index >= 15 is 0 Å². The van der Waals surface area contributed by atoms with Crippen molar-refractivity contribution in [1.82, 2.24) is 14.4 Å². The van der Waals surface area contributed by atoms with Crippen molar-refractivity contribution in [1.29, 1.82) is 0 Å². The van der Waals surface area contributed by atoms with Gasteiger partial charge in [-0.3, -0.25) is 4.79 Å². The zero-order chi connectivity index (χ0) is 24.1. The molecule has 2 aromatic carbocycles. The minimum Gasteiger partial charge on any atom is -0.383 e. The van der Waals surface area contributed by atoms with Crippen molar-refractivity contribution in [2.45, 2.75) is 26.4 Å². The molecule has 0 bridgehead atoms. The Morgan fingerprint density at radius 2 is 1.79 bits per heavy atom. The SMILES string of the molecule is COCCN(CC(=O)N1CCn2cccc2C1c1ccc(C)cc1)C(=O)Nc1ccccc1C. The Kier molecular flexibility index (Phi) is 7.33. The van der Waals surface area contributed by atoms with E-state index in [0.29, 0.717) is 19.7 Å². The van der Waals surface area contributed by atoms with E-state index in [-0.39, 0.29) is 24.5 Å². The van der Waals surface area contributed by atoms with Crippen LogP contribution in [-0.4, -0.2) is 59.7 Å². The van der Waals surface area contributed by atoms with Crippen LogP contribution in [0.15, 0.2) is 66.9 Å². The molecule has 0 radical (unpaired) electrons. The molecule has 3 aromatic rings. The molecule has 7 nitrogen and oxygen atoms in total. The number of ether oxygens (including phenoxy) is 1. The first-order valence-electron chi connectivity index (χ1n) is 11.6. The highest BCUT2D eigenvalue weighted by Crippen LogP contribution is 2.32. The number of benzene rings is 2. The number of amides is 3. The highest BCUT2D eigenvalue weighted by atomic mass is 16.5. The number of nitrogens with zero attached hydrogens (tertiary/aromatic N) is 3. The Bertz CT molecular complexity index is 1140. The van der Waals surface area contributed by atoms with Crippen LogP contribution in [0, 0.1) is 13.8 Å². The van der Waals surface area contributed by atoms with Crippen molar-refractivity contribution in [2.24, 2.45) is 0 Å². The van der Waals surface area contributed by atoms with Crippen LogP contribution in [-0.2, 0) is 16.1 Å². The van der Waals surface area contributed by atoms with E-state index in [2.05, 4.69) is 53.3 Å². The maximum absolute atomic E-state index is 13.6. The van der Waals surface area contributed by atoms with Crippen molar-refractivity contribution in [3.63, 3.8) is 0 Å². The lowest BCUT2D eigenvalue weighted by Gasteiger charge is -2.38. The van der Waals surface area contributed by atoms with E-state index in [4.69, 9.17) is 4.74 Å². The number of hydrogen-bond donors (Lipinski definition) is 1. The second kappa shape index (κ2) is 10.6. The number of aryl methyl sites for hydroxylation is 2. The Hall–Kier alpha value is -3.58. The Morgan fingerprint density at radius 1 is 1.03 bits per heavy atom. The number of fused-ring (bicyclic) bond motifs is 1. The van der Waals surface area contributed by atoms with Crippen molar-refractivity contribution < 1.29 is 14.3 Å². The van der Waals surface area contributed by atoms with Crippen molar-refractivity contribution >= 4 is 17.6 Å². The summed E-state index contributed by atoms with van der Waals surface area (Å²) in [5.74, 6) is -0.0888. The molecule has 1 N–H and O–H groups in total. The van der Waals surface area contributed by atoms with E-state index in [1.165, 1.54) is 10.5 Å². The first-order valence-corrected chi connectivity index (χ1v) is 11.6. The molecule has 34 heavy (non-hydrogen) atoms. The number of methoxy groups -OCH3 is 1. The topological polar surface area (TPSA) is 66.8 Å². The van der Waals surface area contributed by atoms with E-state index in [9.17, 15) is 9.59 Å². The van der Waals surface area contributed by atoms with Gasteiger partial charge in [0, 0.05) is 44.3 Å². The predicted octanol–water partition coefficient (Wildman–Crippen LogP) is 4.22. The first-order chi connectivity index (χ1) is 16.5. The van der Waals surface area contributed by atoms with Gasteiger partial charge in [-0.25, -0.2) is 4.79 Å². The third-order valence-electron chi connectivity index (χ3n) is 6.32. The van der Waals surface area contributed by atoms with Gasteiger partial charge in [0.1, 0.15) is 6.54 Å². The van der Waals surface area contributed by atoms with Crippen LogP contribution in [0.5, 0.6) is 0 Å². The van der Waals surface area contributed by atoms with Crippen LogP contribution in [0.2, 0.25) is 0 Å². The molecule has 7 heteroatoms. The lowest BCUT2D eigenvalue weighted by Crippen LogP contribution is -2.49. The first kappa shape index (κ1) is 23.6. The fourth-order valence-electron chi connectivity index (χ4n) is 4.37. The number of urea groups is 1. The minimum atomic E-state index is -0.313. The van der Waals surface area contributed by atoms with Crippen LogP contribution in [0.1, 0.15) is 28.4 Å². The van der Waals surface area contributed by atoms with E-state index in [1.807, 2.05) is 42.2 Å². The third kappa shape index (κ3) is 5.15. The third-order valence-corrected chi connectivity index (χ3v) is 6.32. The molecule has 178 valence electrons. The fourth-order valence-corrected chi connectivity index (χ4v) is 4.37. The summed E-state index contributed by atoms with van der Waals surface area (Å²) in [6.07, 6.45) is 2.05. The molecule has 1 atom stereocenters. The van der Waals surface area contributed by atoms with E-state index in [0.717, 1.165) is 29.1 Å². The summed E-state index contributed by atoms with van der Waals surface area (Å²) >= 11 is 0. The van der Waals surface area contributed by atoms with Crippen LogP contribution in [0.25, 0.3) is 0 Å². The van der Waals surface area contributed by atoms with Crippen molar-refractivity contribution in [3.05, 3.63) is 89.2 Å². The van der Waals surface area contributed by atoms with Gasteiger partial charge in [0.25, 0.3) is 0 Å². The summed E-state index contributed by atoms with van der Waals surface area (Å²) in [5, 5.41) is 2.94. The number of carbonyl (C=O) groups excluding carboxylic acids is 2. The van der Waals surface area contributed by atoms with Gasteiger partial charge in [-0.15, -0.1) is 0 Å². The molecule has 0 fully saturated rings. The van der Waals surface area contributed by atoms with Crippen LogP contribution < -0.4 is 5.32 Å². The molecule has 0 aliphatic carbocycles. The molecule has 1 aromatic heterocycles. The van der Waals surface area contributed by atoms with Gasteiger partial charge >= 0.3 is 6.03 Å². The standard InChI is InChI=1S/C27H32N4O3/c1-20-10-12-22(13-11-20)26-24-9-6-14-29(24)15-16-31(26)25(32)19-30(17-18-34-3)27(33)28-23-8-5-4-7-21(23)2/h4-14,26H,15-19H2,1-3H3,(H,28,33). The van der Waals surface area contributed by atoms with Crippen molar-refractivity contribution in [2.75, 3.05) is 38.7 Å². The monoisotopic (exact) mass is 460 g/mol. The summed E-state index contributed by atoms with van der Waals surface area (Å²) < 4.78 is 7.41. The second-order valence-corrected chi connectivity index (χ2v) is 8.69. The second-order valence-electron chi connectivity index (χ2n) is 8.69. The molecule has 0 saturated carbocycles. The Balaban J connectivity index is 1.56. The molecule has 1 unspecified atom stereocenters. The number of hydrogen-bond acceptors (Lipinski definition) is 3. The fraction of sp³-hybridized carbons (Fsp3) is 0.333. The molecule has 3 amide bonds. The number of carbonyl (C=O) groups is 2. The van der Waals surface area contributed by atoms with Gasteiger partial charge < -0.3 is 24.4 Å². The summed E-state index contributed by atoms with van der Waals surface area (Å²) in [7, 11) is 1.59. The largest absolute Gasteiger partial charge is 0.383 e. The number of para-hydroxylation sites is 1. The van der Waals surface area contributed by atoms with Gasteiger partial charge in [-0.05, 0) is 43.2 Å². The molecule has 0 spiro atoms. The van der Waals surface area contributed by atoms with Gasteiger partial charge in [0.05, 0.1) is 12.6 Å². The Labute approximate surface area is 200 Å². The molecule has 1 aliphatic rings. The lowest BCUT2D eigenvalue weighted by atomic mass is 9.98. The number of aromatic nitrogens is 1. The lowest BCUT2D eigenvalue weighted by molar-refractivity contribution is -0.134. The predicted molar refractivity (Wildman–Crippen MR) is 133 cm³/mol. The van der Waals surface area contributed by atoms with E-state index < -0.39 is 0 Å². The van der Waals surface area contributed by atoms with Crippen LogP contribution in [0.3, 0.4) is 0 Å². The van der Waals surface area contributed by atoms with E-state index in [1.54, 1.807) is 7.11 Å². The number of nitrogens with one attached hydrogen (secondary N) is 1. The molecular formula is C27H32N4O3. The van der Waals surface area contributed by atoms with Gasteiger partial charge in [-0.2, -0.15) is 0 Å². The molecule has 0 saturated heterocycles. The summed E-state index contributed by atoms with van der Waals surface area (Å²) in [6, 6.07) is 19.5. The molecular weight excluding hydrogens is 428 g/mol. The zero-order valence-corrected chi connectivity index (χ0v) is 20.0. The summed E-state index contributed by atoms with van der Waals surface area (Å²) in [6.45, 7) is 5.94. The maximum Gasteiger partial charge on any atom is 0.322 e. The highest BCUT2D eigenvalue weighted by molar-refractivity contribution is 5.93. The summed E-state index contributed by atoms with van der Waals surface area (Å²) in [4.78, 5) is 30.2. The maximum atomic E-state index is 13.6. The van der Waals surface area contributed by atoms with Crippen LogP contribution in [0.4, 0.5) is 10.5 Å². The minimum absolute atomic E-state index is 0.0237. The average Bonchev–Trinajstić information content (AvgIpc) is 3.32. The van der Waals surface area contributed by atoms with Gasteiger partial charge in [0.2, 0.25) is 5.91 Å². The molecule has 4 rings (SSSR count). The molecule has 2 heterocycles. The highest BCUT2D eigenvalue weighted by Gasteiger charge is 2.33. The van der Waals surface area contributed by atoms with Crippen molar-refractivity contribution in [3.8, 4) is 0 Å². The average molecular weight is 461 g/mol. The summed E-state index contributed by atoms with van der Waals surface area (Å²) in [5.41, 5.74) is 5.01. The number of rotatable bonds is 7. The van der Waals surface area contributed by atoms with Crippen LogP contribution >= 0.6 is 0 Å². The normalized spacial score (nSPS) is 15.0. The smallest absolute Gasteiger partial charge is 0.322 e. The zero-order valence-electron chi connectivity index (χ0n) is 20.0. The number of anilines is 1.